The second-order valence-electron chi connectivity index (χ2n) is 5.02. The van der Waals surface area contributed by atoms with Gasteiger partial charge in [-0.25, -0.2) is 0 Å². The molecule has 0 saturated heterocycles. The molecule has 0 aliphatic heterocycles. The van der Waals surface area contributed by atoms with Crippen LogP contribution >= 0.6 is 11.8 Å². The summed E-state index contributed by atoms with van der Waals surface area (Å²) >= 11 is 1.54. The van der Waals surface area contributed by atoms with Crippen LogP contribution in [0.4, 0.5) is 0 Å². The molecule has 2 N–H and O–H groups in total. The molecule has 4 heteroatoms. The number of rotatable bonds is 5. The third-order valence-electron chi connectivity index (χ3n) is 3.54. The zero-order valence-electron chi connectivity index (χ0n) is 11.0. The summed E-state index contributed by atoms with van der Waals surface area (Å²) in [5.74, 6) is 0.721. The predicted molar refractivity (Wildman–Crippen MR) is 78.1 cm³/mol. The van der Waals surface area contributed by atoms with Gasteiger partial charge >= 0.3 is 0 Å². The van der Waals surface area contributed by atoms with Gasteiger partial charge in [0.05, 0.1) is 11.9 Å². The van der Waals surface area contributed by atoms with Crippen molar-refractivity contribution in [2.24, 2.45) is 5.92 Å². The minimum Gasteiger partial charge on any atom is -0.393 e. The molecule has 0 spiro atoms. The first-order valence-corrected chi connectivity index (χ1v) is 7.87. The van der Waals surface area contributed by atoms with Crippen molar-refractivity contribution in [3.8, 4) is 0 Å². The van der Waals surface area contributed by atoms with Crippen LogP contribution in [0.2, 0.25) is 0 Å². The van der Waals surface area contributed by atoms with E-state index in [0.717, 1.165) is 30.6 Å². The first-order valence-electron chi connectivity index (χ1n) is 6.88. The van der Waals surface area contributed by atoms with Crippen molar-refractivity contribution in [2.45, 2.75) is 36.7 Å². The molecule has 2 atom stereocenters. The van der Waals surface area contributed by atoms with Gasteiger partial charge in [0.2, 0.25) is 5.91 Å². The average Bonchev–Trinajstić information content (AvgIpc) is 2.45. The lowest BCUT2D eigenvalue weighted by Gasteiger charge is -2.27. The Kier molecular flexibility index (Phi) is 5.73. The van der Waals surface area contributed by atoms with Gasteiger partial charge in [-0.3, -0.25) is 4.79 Å². The molecule has 1 aromatic carbocycles. The Balaban J connectivity index is 1.67. The number of aliphatic hydroxyl groups is 1. The second-order valence-corrected chi connectivity index (χ2v) is 6.07. The largest absolute Gasteiger partial charge is 0.393 e. The molecule has 0 aromatic heterocycles. The molecular weight excluding hydrogens is 258 g/mol. The number of nitrogens with one attached hydrogen (secondary N) is 1. The fourth-order valence-electron chi connectivity index (χ4n) is 2.39. The smallest absolute Gasteiger partial charge is 0.230 e. The van der Waals surface area contributed by atoms with E-state index in [2.05, 4.69) is 5.32 Å². The van der Waals surface area contributed by atoms with Gasteiger partial charge in [0.15, 0.2) is 0 Å². The minimum atomic E-state index is -0.240. The topological polar surface area (TPSA) is 49.3 Å². The third-order valence-corrected chi connectivity index (χ3v) is 4.56. The van der Waals surface area contributed by atoms with Crippen LogP contribution in [0.1, 0.15) is 25.7 Å². The number of hydrogen-bond donors (Lipinski definition) is 2. The summed E-state index contributed by atoms with van der Waals surface area (Å²) in [6.07, 6.45) is 3.93. The Morgan fingerprint density at radius 3 is 2.74 bits per heavy atom. The zero-order chi connectivity index (χ0) is 13.5. The van der Waals surface area contributed by atoms with Gasteiger partial charge in [-0.2, -0.15) is 0 Å². The fraction of sp³-hybridized carbons (Fsp3) is 0.533. The molecule has 2 unspecified atom stereocenters. The third kappa shape index (κ3) is 4.88. The normalized spacial score (nSPS) is 23.0. The Labute approximate surface area is 118 Å². The van der Waals surface area contributed by atoms with Crippen molar-refractivity contribution in [3.63, 3.8) is 0 Å². The van der Waals surface area contributed by atoms with Gasteiger partial charge in [-0.05, 0) is 25.0 Å². The molecule has 1 amide bonds. The van der Waals surface area contributed by atoms with Crippen LogP contribution in [0.5, 0.6) is 0 Å². The Morgan fingerprint density at radius 2 is 2.00 bits per heavy atom. The Bertz CT molecular complexity index is 396. The summed E-state index contributed by atoms with van der Waals surface area (Å²) in [4.78, 5) is 12.9. The van der Waals surface area contributed by atoms with E-state index < -0.39 is 0 Å². The van der Waals surface area contributed by atoms with Crippen LogP contribution < -0.4 is 5.32 Å². The maximum absolute atomic E-state index is 11.8. The molecule has 1 aliphatic rings. The zero-order valence-corrected chi connectivity index (χ0v) is 11.9. The Hall–Kier alpha value is -1.00. The number of hydrogen-bond acceptors (Lipinski definition) is 3. The SMILES string of the molecule is O=C(CSc1ccccc1)NCC1CCCCC1O. The van der Waals surface area contributed by atoms with Gasteiger partial charge in [-0.15, -0.1) is 11.8 Å². The van der Waals surface area contributed by atoms with Crippen molar-refractivity contribution < 1.29 is 9.90 Å². The Morgan fingerprint density at radius 1 is 1.26 bits per heavy atom. The maximum atomic E-state index is 11.8. The number of carbonyl (C=O) groups excluding carboxylic acids is 1. The molecule has 0 heterocycles. The molecule has 0 radical (unpaired) electrons. The van der Waals surface area contributed by atoms with Gasteiger partial charge in [-0.1, -0.05) is 31.0 Å². The van der Waals surface area contributed by atoms with Crippen molar-refractivity contribution in [3.05, 3.63) is 30.3 Å². The molecular formula is C15H21NO2S. The molecule has 19 heavy (non-hydrogen) atoms. The van der Waals surface area contributed by atoms with E-state index in [1.165, 1.54) is 0 Å². The molecule has 1 fully saturated rings. The van der Waals surface area contributed by atoms with Gasteiger partial charge in [0.25, 0.3) is 0 Å². The van der Waals surface area contributed by atoms with Gasteiger partial charge in [0, 0.05) is 17.4 Å². The van der Waals surface area contributed by atoms with Crippen molar-refractivity contribution >= 4 is 17.7 Å². The number of thioether (sulfide) groups is 1. The van der Waals surface area contributed by atoms with E-state index in [4.69, 9.17) is 0 Å². The predicted octanol–water partition coefficient (Wildman–Crippen LogP) is 2.45. The highest BCUT2D eigenvalue weighted by Crippen LogP contribution is 2.23. The molecule has 2 rings (SSSR count). The first kappa shape index (κ1) is 14.4. The standard InChI is InChI=1S/C15H21NO2S/c17-14-9-5-4-6-12(14)10-16-15(18)11-19-13-7-2-1-3-8-13/h1-3,7-8,12,14,17H,4-6,9-11H2,(H,16,18). The van der Waals surface area contributed by atoms with Gasteiger partial charge in [0.1, 0.15) is 0 Å². The molecule has 104 valence electrons. The van der Waals surface area contributed by atoms with Gasteiger partial charge < -0.3 is 10.4 Å². The summed E-state index contributed by atoms with van der Waals surface area (Å²) in [7, 11) is 0. The van der Waals surface area contributed by atoms with Crippen LogP contribution in [0.15, 0.2) is 35.2 Å². The van der Waals surface area contributed by atoms with Crippen molar-refractivity contribution in [2.75, 3.05) is 12.3 Å². The molecule has 0 bridgehead atoms. The van der Waals surface area contributed by atoms with Crippen LogP contribution in [-0.4, -0.2) is 29.4 Å². The molecule has 3 nitrogen and oxygen atoms in total. The quantitative estimate of drug-likeness (QED) is 0.814. The van der Waals surface area contributed by atoms with Crippen LogP contribution in [-0.2, 0) is 4.79 Å². The van der Waals surface area contributed by atoms with Crippen LogP contribution in [0.3, 0.4) is 0 Å². The van der Waals surface area contributed by atoms with E-state index in [0.29, 0.717) is 12.3 Å². The monoisotopic (exact) mass is 279 g/mol. The lowest BCUT2D eigenvalue weighted by molar-refractivity contribution is -0.119. The van der Waals surface area contributed by atoms with E-state index >= 15 is 0 Å². The van der Waals surface area contributed by atoms with E-state index in [1.54, 1.807) is 11.8 Å². The highest BCUT2D eigenvalue weighted by Gasteiger charge is 2.23. The highest BCUT2D eigenvalue weighted by molar-refractivity contribution is 8.00. The van der Waals surface area contributed by atoms with E-state index in [9.17, 15) is 9.90 Å². The van der Waals surface area contributed by atoms with Crippen LogP contribution in [0, 0.1) is 5.92 Å². The van der Waals surface area contributed by atoms with E-state index in [1.807, 2.05) is 30.3 Å². The minimum absolute atomic E-state index is 0.0478. The summed E-state index contributed by atoms with van der Waals surface area (Å²) in [5.41, 5.74) is 0. The first-order chi connectivity index (χ1) is 9.25. The average molecular weight is 279 g/mol. The maximum Gasteiger partial charge on any atom is 0.230 e. The van der Waals surface area contributed by atoms with Crippen molar-refractivity contribution in [1.29, 1.82) is 0 Å². The number of amides is 1. The van der Waals surface area contributed by atoms with E-state index in [-0.39, 0.29) is 17.9 Å². The van der Waals surface area contributed by atoms with Crippen molar-refractivity contribution in [1.82, 2.24) is 5.32 Å². The fourth-order valence-corrected chi connectivity index (χ4v) is 3.14. The number of aliphatic hydroxyl groups excluding tert-OH is 1. The summed E-state index contributed by atoms with van der Waals surface area (Å²) in [6.45, 7) is 0.606. The molecule has 1 aromatic rings. The highest BCUT2D eigenvalue weighted by atomic mass is 32.2. The number of benzene rings is 1. The number of carbonyl (C=O) groups is 1. The summed E-state index contributed by atoms with van der Waals surface area (Å²) < 4.78 is 0. The summed E-state index contributed by atoms with van der Waals surface area (Å²) in [6, 6.07) is 9.91. The lowest BCUT2D eigenvalue weighted by atomic mass is 9.86. The summed E-state index contributed by atoms with van der Waals surface area (Å²) in [5, 5.41) is 12.8. The van der Waals surface area contributed by atoms with Crippen LogP contribution in [0.25, 0.3) is 0 Å². The molecule has 1 saturated carbocycles. The second kappa shape index (κ2) is 7.56. The molecule has 1 aliphatic carbocycles. The lowest BCUT2D eigenvalue weighted by Crippen LogP contribution is -2.37.